The smallest absolute Gasteiger partial charge is 0.416 e. The van der Waals surface area contributed by atoms with Crippen LogP contribution in [0.15, 0.2) is 71.6 Å². The molecule has 2 heterocycles. The van der Waals surface area contributed by atoms with Crippen LogP contribution in [0.3, 0.4) is 0 Å². The number of carboxylic acid groups (broad SMARTS) is 1. The van der Waals surface area contributed by atoms with Gasteiger partial charge >= 0.3 is 18.2 Å². The van der Waals surface area contributed by atoms with Gasteiger partial charge in [-0.3, -0.25) is 4.90 Å². The molecule has 2 N–H and O–H groups in total. The molecule has 0 spiro atoms. The molecule has 1 aromatic heterocycles. The molecule has 1 saturated heterocycles. The third-order valence-corrected chi connectivity index (χ3v) is 10.1. The Hall–Kier alpha value is -4.27. The van der Waals surface area contributed by atoms with Crippen LogP contribution in [-0.2, 0) is 23.3 Å². The number of methoxy groups -OCH3 is 1. The van der Waals surface area contributed by atoms with E-state index in [4.69, 9.17) is 14.5 Å². The third kappa shape index (κ3) is 8.99. The SMILES string of the molecule is COc1cccc(NC(=O)N2CCN(Cc3nc(-c4ccc(C(F)(F)F)cc4)sc3CSc3ccc(OC(C)C(=O)O)c(C)c3)CC2)c1. The first kappa shape index (κ1) is 35.0. The zero-order chi connectivity index (χ0) is 34.4. The quantitative estimate of drug-likeness (QED) is 0.154. The zero-order valence-corrected chi connectivity index (χ0v) is 28.2. The van der Waals surface area contributed by atoms with Crippen molar-refractivity contribution in [2.75, 3.05) is 38.6 Å². The molecule has 2 amide bonds. The Kier molecular flexibility index (Phi) is 11.2. The average molecular weight is 701 g/mol. The number of aromatic nitrogens is 1. The number of carboxylic acids is 1. The van der Waals surface area contributed by atoms with Crippen molar-refractivity contribution >= 4 is 40.8 Å². The van der Waals surface area contributed by atoms with E-state index >= 15 is 0 Å². The van der Waals surface area contributed by atoms with Gasteiger partial charge in [-0.05, 0) is 61.9 Å². The molecular weight excluding hydrogens is 666 g/mol. The number of hydrogen-bond donors (Lipinski definition) is 2. The van der Waals surface area contributed by atoms with E-state index in [9.17, 15) is 27.9 Å². The third-order valence-electron chi connectivity index (χ3n) is 7.76. The molecule has 9 nitrogen and oxygen atoms in total. The van der Waals surface area contributed by atoms with E-state index in [1.54, 1.807) is 48.0 Å². The van der Waals surface area contributed by atoms with Crippen molar-refractivity contribution in [3.8, 4) is 22.1 Å². The largest absolute Gasteiger partial charge is 0.497 e. The Balaban J connectivity index is 1.28. The van der Waals surface area contributed by atoms with Crippen LogP contribution in [0.2, 0.25) is 0 Å². The van der Waals surface area contributed by atoms with E-state index in [2.05, 4.69) is 10.2 Å². The summed E-state index contributed by atoms with van der Waals surface area (Å²) in [6.45, 7) is 6.14. The van der Waals surface area contributed by atoms with Gasteiger partial charge in [0.2, 0.25) is 0 Å². The topological polar surface area (TPSA) is 104 Å². The second-order valence-corrected chi connectivity index (χ2v) is 13.3. The Morgan fingerprint density at radius 3 is 2.44 bits per heavy atom. The summed E-state index contributed by atoms with van der Waals surface area (Å²) in [6.07, 6.45) is -5.40. The number of amides is 2. The molecule has 0 radical (unpaired) electrons. The summed E-state index contributed by atoms with van der Waals surface area (Å²) in [7, 11) is 1.57. The number of piperazine rings is 1. The van der Waals surface area contributed by atoms with Crippen LogP contribution >= 0.6 is 23.1 Å². The maximum Gasteiger partial charge on any atom is 0.416 e. The van der Waals surface area contributed by atoms with Gasteiger partial charge in [-0.15, -0.1) is 23.1 Å². The summed E-state index contributed by atoms with van der Waals surface area (Å²) >= 11 is 3.03. The molecule has 0 saturated carbocycles. The molecule has 48 heavy (non-hydrogen) atoms. The van der Waals surface area contributed by atoms with Crippen LogP contribution in [0, 0.1) is 6.92 Å². The number of anilines is 1. The first-order valence-corrected chi connectivity index (χ1v) is 16.9. The maximum atomic E-state index is 13.2. The van der Waals surface area contributed by atoms with Crippen LogP contribution in [0.25, 0.3) is 10.6 Å². The van der Waals surface area contributed by atoms with E-state index < -0.39 is 23.8 Å². The number of hydrogen-bond acceptors (Lipinski definition) is 8. The molecule has 1 aliphatic rings. The number of carbonyl (C=O) groups excluding carboxylic acids is 1. The van der Waals surface area contributed by atoms with E-state index in [0.717, 1.165) is 33.2 Å². The van der Waals surface area contributed by atoms with Gasteiger partial charge < -0.3 is 24.8 Å². The fourth-order valence-electron chi connectivity index (χ4n) is 5.00. The van der Waals surface area contributed by atoms with Crippen molar-refractivity contribution in [3.05, 3.63) is 88.4 Å². The molecular formula is C34H35F3N4O5S2. The number of carbonyl (C=O) groups is 2. The number of ether oxygens (including phenoxy) is 2. The highest BCUT2D eigenvalue weighted by atomic mass is 32.2. The second kappa shape index (κ2) is 15.3. The molecule has 0 bridgehead atoms. The van der Waals surface area contributed by atoms with Crippen LogP contribution in [0.1, 0.15) is 28.6 Å². The number of nitrogens with zero attached hydrogens (tertiary/aromatic N) is 3. The molecule has 4 aromatic rings. The Labute approximate surface area is 284 Å². The van der Waals surface area contributed by atoms with Gasteiger partial charge in [0.25, 0.3) is 0 Å². The monoisotopic (exact) mass is 700 g/mol. The van der Waals surface area contributed by atoms with Crippen molar-refractivity contribution in [1.29, 1.82) is 0 Å². The lowest BCUT2D eigenvalue weighted by Gasteiger charge is -2.34. The molecule has 5 rings (SSSR count). The molecule has 1 fully saturated rings. The number of rotatable bonds is 11. The normalized spacial score (nSPS) is 14.4. The highest BCUT2D eigenvalue weighted by molar-refractivity contribution is 7.98. The molecule has 14 heteroatoms. The minimum absolute atomic E-state index is 0.192. The van der Waals surface area contributed by atoms with Crippen molar-refractivity contribution in [2.24, 2.45) is 0 Å². The van der Waals surface area contributed by atoms with Gasteiger partial charge in [0.1, 0.15) is 16.5 Å². The van der Waals surface area contributed by atoms with Gasteiger partial charge in [0.05, 0.1) is 18.4 Å². The van der Waals surface area contributed by atoms with Gasteiger partial charge in [-0.25, -0.2) is 14.6 Å². The summed E-state index contributed by atoms with van der Waals surface area (Å²) in [5.41, 5.74) is 2.18. The molecule has 1 aliphatic heterocycles. The minimum atomic E-state index is -4.42. The summed E-state index contributed by atoms with van der Waals surface area (Å²) in [5.74, 6) is 0.667. The lowest BCUT2D eigenvalue weighted by atomic mass is 10.1. The number of thiazole rings is 1. The number of benzene rings is 3. The fraction of sp³-hybridized carbons (Fsp3) is 0.324. The standard InChI is InChI=1S/C34H35F3N4O5S2/c1-21-17-27(11-12-29(21)46-22(2)32(42)43)47-20-30-28(39-31(48-30)23-7-9-24(10-8-23)34(35,36)37)19-40-13-15-41(16-14-40)33(44)38-25-5-4-6-26(18-25)45-3/h4-12,17-18,22H,13-16,19-20H2,1-3H3,(H,38,44)(H,42,43). The molecule has 254 valence electrons. The predicted molar refractivity (Wildman–Crippen MR) is 180 cm³/mol. The van der Waals surface area contributed by atoms with Gasteiger partial charge in [0, 0.05) is 65.6 Å². The molecule has 0 aliphatic carbocycles. The fourth-order valence-corrected chi connectivity index (χ4v) is 7.18. The van der Waals surface area contributed by atoms with Crippen LogP contribution in [-0.4, -0.2) is 71.3 Å². The number of halogens is 3. The minimum Gasteiger partial charge on any atom is -0.497 e. The second-order valence-electron chi connectivity index (χ2n) is 11.2. The zero-order valence-electron chi connectivity index (χ0n) is 26.5. The highest BCUT2D eigenvalue weighted by Crippen LogP contribution is 2.36. The summed E-state index contributed by atoms with van der Waals surface area (Å²) in [5, 5.41) is 12.7. The Bertz CT molecular complexity index is 1740. The molecule has 1 atom stereocenters. The first-order valence-electron chi connectivity index (χ1n) is 15.1. The number of aliphatic carboxylic acids is 1. The van der Waals surface area contributed by atoms with E-state index in [1.165, 1.54) is 30.4 Å². The number of thioether (sulfide) groups is 1. The van der Waals surface area contributed by atoms with Crippen molar-refractivity contribution in [3.63, 3.8) is 0 Å². The number of aryl methyl sites for hydroxylation is 1. The lowest BCUT2D eigenvalue weighted by Crippen LogP contribution is -2.49. The van der Waals surface area contributed by atoms with Crippen molar-refractivity contribution in [1.82, 2.24) is 14.8 Å². The number of alkyl halides is 3. The van der Waals surface area contributed by atoms with Crippen molar-refractivity contribution in [2.45, 2.75) is 43.3 Å². The van der Waals surface area contributed by atoms with Gasteiger partial charge in [-0.2, -0.15) is 13.2 Å². The first-order chi connectivity index (χ1) is 22.9. The van der Waals surface area contributed by atoms with Crippen LogP contribution < -0.4 is 14.8 Å². The highest BCUT2D eigenvalue weighted by Gasteiger charge is 2.30. The Morgan fingerprint density at radius 2 is 1.79 bits per heavy atom. The van der Waals surface area contributed by atoms with Gasteiger partial charge in [0.15, 0.2) is 6.10 Å². The Morgan fingerprint density at radius 1 is 1.06 bits per heavy atom. The van der Waals surface area contributed by atoms with E-state index in [-0.39, 0.29) is 6.03 Å². The van der Waals surface area contributed by atoms with Gasteiger partial charge in [-0.1, -0.05) is 18.2 Å². The molecule has 1 unspecified atom stereocenters. The van der Waals surface area contributed by atoms with Crippen molar-refractivity contribution < 1.29 is 37.3 Å². The lowest BCUT2D eigenvalue weighted by molar-refractivity contribution is -0.144. The van der Waals surface area contributed by atoms with Crippen LogP contribution in [0.4, 0.5) is 23.7 Å². The molecule has 3 aromatic carbocycles. The van der Waals surface area contributed by atoms with E-state index in [0.29, 0.717) is 66.2 Å². The van der Waals surface area contributed by atoms with E-state index in [1.807, 2.05) is 25.1 Å². The number of urea groups is 1. The predicted octanol–water partition coefficient (Wildman–Crippen LogP) is 7.64. The summed E-state index contributed by atoms with van der Waals surface area (Å²) in [4.78, 5) is 34.9. The summed E-state index contributed by atoms with van der Waals surface area (Å²) in [6, 6.07) is 17.6. The number of nitrogens with one attached hydrogen (secondary N) is 1. The van der Waals surface area contributed by atoms with Crippen LogP contribution in [0.5, 0.6) is 11.5 Å². The maximum absolute atomic E-state index is 13.2. The summed E-state index contributed by atoms with van der Waals surface area (Å²) < 4.78 is 50.4. The average Bonchev–Trinajstić information content (AvgIpc) is 3.47.